The number of Topliss-reactive ketones (excluding diaryl/α,β-unsaturated/α-hetero) is 1. The van der Waals surface area contributed by atoms with Crippen molar-refractivity contribution in [3.8, 4) is 6.07 Å². The maximum Gasteiger partial charge on any atom is 0.186 e. The van der Waals surface area contributed by atoms with E-state index in [2.05, 4.69) is 15.9 Å². The molecule has 0 aliphatic rings. The Balaban J connectivity index is 2.39. The summed E-state index contributed by atoms with van der Waals surface area (Å²) in [5.41, 5.74) is 0.316. The number of ketones is 1. The first-order valence-corrected chi connectivity index (χ1v) is 6.73. The molecular weight excluding hydrogens is 317 g/mol. The summed E-state index contributed by atoms with van der Waals surface area (Å²) in [6, 6.07) is 9.34. The monoisotopic (exact) mass is 323 g/mol. The number of rotatable bonds is 3. The zero-order valence-corrected chi connectivity index (χ0v) is 11.5. The molecule has 1 aromatic heterocycles. The van der Waals surface area contributed by atoms with Crippen molar-refractivity contribution >= 4 is 33.0 Å². The van der Waals surface area contributed by atoms with Crippen LogP contribution in [0.15, 0.2) is 40.2 Å². The van der Waals surface area contributed by atoms with Crippen LogP contribution in [0.2, 0.25) is 0 Å². The van der Waals surface area contributed by atoms with Crippen LogP contribution >= 0.6 is 27.3 Å². The average molecular weight is 324 g/mol. The minimum atomic E-state index is -0.841. The summed E-state index contributed by atoms with van der Waals surface area (Å²) in [6.45, 7) is 0. The average Bonchev–Trinajstić information content (AvgIpc) is 2.83. The van der Waals surface area contributed by atoms with Crippen molar-refractivity contribution in [2.45, 2.75) is 5.92 Å². The number of hydrogen-bond acceptors (Lipinski definition) is 3. The Morgan fingerprint density at radius 1 is 1.44 bits per heavy atom. The van der Waals surface area contributed by atoms with Crippen LogP contribution in [0.1, 0.15) is 21.2 Å². The van der Waals surface area contributed by atoms with Gasteiger partial charge >= 0.3 is 0 Å². The van der Waals surface area contributed by atoms with E-state index in [0.29, 0.717) is 14.9 Å². The topological polar surface area (TPSA) is 40.9 Å². The molecule has 0 saturated carbocycles. The Hall–Kier alpha value is -1.51. The van der Waals surface area contributed by atoms with Gasteiger partial charge < -0.3 is 0 Å². The van der Waals surface area contributed by atoms with Crippen LogP contribution in [-0.4, -0.2) is 5.78 Å². The molecule has 0 radical (unpaired) electrons. The van der Waals surface area contributed by atoms with Gasteiger partial charge in [0.25, 0.3) is 0 Å². The molecule has 1 atom stereocenters. The largest absolute Gasteiger partial charge is 0.292 e. The van der Waals surface area contributed by atoms with E-state index in [1.54, 1.807) is 12.1 Å². The summed E-state index contributed by atoms with van der Waals surface area (Å²) >= 11 is 4.50. The first kappa shape index (κ1) is 12.9. The van der Waals surface area contributed by atoms with Gasteiger partial charge in [-0.25, -0.2) is 4.39 Å². The summed E-state index contributed by atoms with van der Waals surface area (Å²) in [5.74, 6) is -1.60. The Bertz CT molecular complexity index is 618. The molecule has 18 heavy (non-hydrogen) atoms. The second-order valence-electron chi connectivity index (χ2n) is 3.57. The molecule has 0 spiro atoms. The molecule has 0 fully saturated rings. The van der Waals surface area contributed by atoms with Gasteiger partial charge in [-0.2, -0.15) is 5.26 Å². The number of hydrogen-bond donors (Lipinski definition) is 0. The molecule has 0 aliphatic heterocycles. The van der Waals surface area contributed by atoms with Crippen LogP contribution in [-0.2, 0) is 0 Å². The van der Waals surface area contributed by atoms with E-state index in [0.717, 1.165) is 0 Å². The molecule has 0 amide bonds. The third-order valence-corrected chi connectivity index (χ3v) is 4.01. The summed E-state index contributed by atoms with van der Waals surface area (Å²) < 4.78 is 13.3. The fourth-order valence-electron chi connectivity index (χ4n) is 1.55. The molecule has 2 aromatic rings. The van der Waals surface area contributed by atoms with Crippen LogP contribution in [0.4, 0.5) is 4.39 Å². The SMILES string of the molecule is N#CC(C(=O)c1ccc(F)cc1Br)c1cccs1. The third kappa shape index (κ3) is 2.50. The minimum Gasteiger partial charge on any atom is -0.292 e. The van der Waals surface area contributed by atoms with Crippen LogP contribution in [0.5, 0.6) is 0 Å². The van der Waals surface area contributed by atoms with Crippen molar-refractivity contribution in [1.82, 2.24) is 0 Å². The van der Waals surface area contributed by atoms with E-state index < -0.39 is 11.7 Å². The number of thiophene rings is 1. The van der Waals surface area contributed by atoms with Gasteiger partial charge in [-0.15, -0.1) is 11.3 Å². The highest BCUT2D eigenvalue weighted by atomic mass is 79.9. The van der Waals surface area contributed by atoms with Gasteiger partial charge in [0, 0.05) is 14.9 Å². The quantitative estimate of drug-likeness (QED) is 0.796. The molecule has 0 bridgehead atoms. The number of carbonyl (C=O) groups excluding carboxylic acids is 1. The summed E-state index contributed by atoms with van der Waals surface area (Å²) in [4.78, 5) is 12.9. The van der Waals surface area contributed by atoms with Gasteiger partial charge in [0.15, 0.2) is 5.78 Å². The van der Waals surface area contributed by atoms with E-state index in [1.807, 2.05) is 11.4 Å². The van der Waals surface area contributed by atoms with Crippen molar-refractivity contribution in [2.24, 2.45) is 0 Å². The summed E-state index contributed by atoms with van der Waals surface area (Å²) in [5, 5.41) is 10.9. The van der Waals surface area contributed by atoms with E-state index in [4.69, 9.17) is 5.26 Å². The maximum atomic E-state index is 13.0. The highest BCUT2D eigenvalue weighted by molar-refractivity contribution is 9.10. The Labute approximate surface area is 116 Å². The van der Waals surface area contributed by atoms with Gasteiger partial charge in [0.2, 0.25) is 0 Å². The van der Waals surface area contributed by atoms with E-state index in [1.165, 1.54) is 29.5 Å². The second kappa shape index (κ2) is 5.42. The molecule has 90 valence electrons. The zero-order valence-electron chi connectivity index (χ0n) is 9.06. The van der Waals surface area contributed by atoms with Crippen LogP contribution in [0, 0.1) is 17.1 Å². The lowest BCUT2D eigenvalue weighted by Crippen LogP contribution is -2.10. The van der Waals surface area contributed by atoms with Crippen molar-refractivity contribution < 1.29 is 9.18 Å². The molecule has 0 saturated heterocycles. The predicted octanol–water partition coefficient (Wildman–Crippen LogP) is 4.14. The molecule has 2 nitrogen and oxygen atoms in total. The number of nitriles is 1. The van der Waals surface area contributed by atoms with Crippen LogP contribution in [0.3, 0.4) is 0 Å². The first-order chi connectivity index (χ1) is 8.63. The molecule has 5 heteroatoms. The van der Waals surface area contributed by atoms with Crippen LogP contribution < -0.4 is 0 Å². The van der Waals surface area contributed by atoms with Crippen molar-refractivity contribution in [3.05, 3.63) is 56.4 Å². The maximum absolute atomic E-state index is 13.0. The first-order valence-electron chi connectivity index (χ1n) is 5.05. The zero-order chi connectivity index (χ0) is 13.1. The number of carbonyl (C=O) groups is 1. The van der Waals surface area contributed by atoms with Crippen molar-refractivity contribution in [1.29, 1.82) is 5.26 Å². The highest BCUT2D eigenvalue weighted by Crippen LogP contribution is 2.28. The number of halogens is 2. The fourth-order valence-corrected chi connectivity index (χ4v) is 2.87. The lowest BCUT2D eigenvalue weighted by atomic mass is 9.97. The van der Waals surface area contributed by atoms with Gasteiger partial charge in [-0.3, -0.25) is 4.79 Å². The van der Waals surface area contributed by atoms with Crippen molar-refractivity contribution in [3.63, 3.8) is 0 Å². The van der Waals surface area contributed by atoms with E-state index >= 15 is 0 Å². The third-order valence-electron chi connectivity index (χ3n) is 2.42. The lowest BCUT2D eigenvalue weighted by molar-refractivity contribution is 0.0979. The molecule has 2 rings (SSSR count). The number of nitrogens with zero attached hydrogens (tertiary/aromatic N) is 1. The molecule has 0 N–H and O–H groups in total. The predicted molar refractivity (Wildman–Crippen MR) is 71.1 cm³/mol. The summed E-state index contributed by atoms with van der Waals surface area (Å²) in [7, 11) is 0. The van der Waals surface area contributed by atoms with Gasteiger partial charge in [0.1, 0.15) is 11.7 Å². The highest BCUT2D eigenvalue weighted by Gasteiger charge is 2.24. The van der Waals surface area contributed by atoms with Gasteiger partial charge in [0.05, 0.1) is 6.07 Å². The Morgan fingerprint density at radius 3 is 2.78 bits per heavy atom. The summed E-state index contributed by atoms with van der Waals surface area (Å²) in [6.07, 6.45) is 0. The molecule has 1 unspecified atom stereocenters. The molecule has 0 aliphatic carbocycles. The van der Waals surface area contributed by atoms with Crippen molar-refractivity contribution in [2.75, 3.05) is 0 Å². The minimum absolute atomic E-state index is 0.316. The van der Waals surface area contributed by atoms with Crippen LogP contribution in [0.25, 0.3) is 0 Å². The van der Waals surface area contributed by atoms with E-state index in [9.17, 15) is 9.18 Å². The number of benzene rings is 1. The lowest BCUT2D eigenvalue weighted by Gasteiger charge is -2.07. The standard InChI is InChI=1S/C13H7BrFNOS/c14-11-6-8(15)3-4-9(11)13(17)10(7-16)12-2-1-5-18-12/h1-6,10H. The van der Waals surface area contributed by atoms with E-state index in [-0.39, 0.29) is 5.78 Å². The molecule has 1 aromatic carbocycles. The molecule has 1 heterocycles. The Morgan fingerprint density at radius 2 is 2.22 bits per heavy atom. The Kier molecular flexibility index (Phi) is 3.90. The normalized spacial score (nSPS) is 11.8. The smallest absolute Gasteiger partial charge is 0.186 e. The molecular formula is C13H7BrFNOS. The second-order valence-corrected chi connectivity index (χ2v) is 5.40. The van der Waals surface area contributed by atoms with Gasteiger partial charge in [-0.05, 0) is 45.6 Å². The van der Waals surface area contributed by atoms with Gasteiger partial charge in [-0.1, -0.05) is 6.07 Å². The fraction of sp³-hybridized carbons (Fsp3) is 0.0769.